The zero-order chi connectivity index (χ0) is 14.0. The number of nitro groups is 1. The Labute approximate surface area is 113 Å². The van der Waals surface area contributed by atoms with Crippen LogP contribution >= 0.6 is 0 Å². The highest BCUT2D eigenvalue weighted by Crippen LogP contribution is 2.45. The molecule has 0 saturated heterocycles. The van der Waals surface area contributed by atoms with Crippen LogP contribution in [0, 0.1) is 15.5 Å². The van der Waals surface area contributed by atoms with E-state index in [1.165, 1.54) is 6.07 Å². The second-order valence-corrected chi connectivity index (χ2v) is 5.47. The fourth-order valence-corrected chi connectivity index (χ4v) is 2.56. The average molecular weight is 264 g/mol. The van der Waals surface area contributed by atoms with Gasteiger partial charge in [-0.1, -0.05) is 26.0 Å². The van der Waals surface area contributed by atoms with Crippen LogP contribution in [-0.2, 0) is 4.74 Å². The van der Waals surface area contributed by atoms with Gasteiger partial charge in [0.05, 0.1) is 11.0 Å². The lowest BCUT2D eigenvalue weighted by molar-refractivity contribution is -0.384. The van der Waals surface area contributed by atoms with Crippen molar-refractivity contribution in [2.24, 2.45) is 5.41 Å². The number of hydrogen-bond donors (Lipinski definition) is 1. The first-order valence-electron chi connectivity index (χ1n) is 6.58. The van der Waals surface area contributed by atoms with Gasteiger partial charge < -0.3 is 10.1 Å². The van der Waals surface area contributed by atoms with Gasteiger partial charge in [0.15, 0.2) is 0 Å². The van der Waals surface area contributed by atoms with Crippen LogP contribution in [0.4, 0.5) is 11.4 Å². The highest BCUT2D eigenvalue weighted by atomic mass is 16.6. The molecule has 0 amide bonds. The Kier molecular flexibility index (Phi) is 3.75. The molecule has 1 aliphatic carbocycles. The molecule has 0 aliphatic heterocycles. The summed E-state index contributed by atoms with van der Waals surface area (Å²) in [5, 5.41) is 14.3. The monoisotopic (exact) mass is 264 g/mol. The summed E-state index contributed by atoms with van der Waals surface area (Å²) in [5.41, 5.74) is 0.693. The van der Waals surface area contributed by atoms with E-state index in [4.69, 9.17) is 4.74 Å². The molecule has 5 nitrogen and oxygen atoms in total. The van der Waals surface area contributed by atoms with Gasteiger partial charge in [-0.15, -0.1) is 0 Å². The highest BCUT2D eigenvalue weighted by molar-refractivity contribution is 5.62. The SMILES string of the molecule is CCOC1CC(Nc2ccccc2[N+](=O)[O-])C1(C)C. The summed E-state index contributed by atoms with van der Waals surface area (Å²) >= 11 is 0. The van der Waals surface area contributed by atoms with Crippen molar-refractivity contribution in [3.8, 4) is 0 Å². The Morgan fingerprint density at radius 1 is 1.47 bits per heavy atom. The Morgan fingerprint density at radius 2 is 2.16 bits per heavy atom. The van der Waals surface area contributed by atoms with Crippen LogP contribution in [0.25, 0.3) is 0 Å². The second kappa shape index (κ2) is 5.17. The minimum atomic E-state index is -0.353. The fraction of sp³-hybridized carbons (Fsp3) is 0.571. The molecular formula is C14H20N2O3. The van der Waals surface area contributed by atoms with Crippen molar-refractivity contribution in [1.82, 2.24) is 0 Å². The largest absolute Gasteiger partial charge is 0.378 e. The van der Waals surface area contributed by atoms with Crippen LogP contribution < -0.4 is 5.32 Å². The molecule has 0 heterocycles. The molecule has 0 aromatic heterocycles. The smallest absolute Gasteiger partial charge is 0.292 e. The molecule has 2 unspecified atom stereocenters. The fourth-order valence-electron chi connectivity index (χ4n) is 2.56. The summed E-state index contributed by atoms with van der Waals surface area (Å²) in [6.45, 7) is 6.94. The van der Waals surface area contributed by atoms with Crippen LogP contribution in [0.2, 0.25) is 0 Å². The third-order valence-electron chi connectivity index (χ3n) is 3.98. The van der Waals surface area contributed by atoms with Gasteiger partial charge in [-0.05, 0) is 19.4 Å². The predicted octanol–water partition coefficient (Wildman–Crippen LogP) is 3.21. The topological polar surface area (TPSA) is 64.4 Å². The van der Waals surface area contributed by atoms with E-state index in [1.807, 2.05) is 6.92 Å². The molecule has 1 aromatic rings. The molecule has 2 atom stereocenters. The average Bonchev–Trinajstić information content (AvgIpc) is 2.38. The summed E-state index contributed by atoms with van der Waals surface area (Å²) in [4.78, 5) is 10.6. The quantitative estimate of drug-likeness (QED) is 0.655. The van der Waals surface area contributed by atoms with E-state index in [0.29, 0.717) is 12.3 Å². The van der Waals surface area contributed by atoms with Crippen molar-refractivity contribution in [3.05, 3.63) is 34.4 Å². The molecule has 1 aromatic carbocycles. The number of para-hydroxylation sites is 2. The molecule has 0 radical (unpaired) electrons. The lowest BCUT2D eigenvalue weighted by Crippen LogP contribution is -2.58. The van der Waals surface area contributed by atoms with Crippen molar-refractivity contribution >= 4 is 11.4 Å². The third kappa shape index (κ3) is 2.56. The van der Waals surface area contributed by atoms with Gasteiger partial charge in [0.25, 0.3) is 5.69 Å². The van der Waals surface area contributed by atoms with Crippen molar-refractivity contribution in [2.45, 2.75) is 39.3 Å². The summed E-state index contributed by atoms with van der Waals surface area (Å²) in [5.74, 6) is 0. The summed E-state index contributed by atoms with van der Waals surface area (Å²) in [7, 11) is 0. The lowest BCUT2D eigenvalue weighted by atomic mass is 9.64. The number of anilines is 1. The first-order chi connectivity index (χ1) is 8.96. The molecule has 0 spiro atoms. The summed E-state index contributed by atoms with van der Waals surface area (Å²) < 4.78 is 5.66. The van der Waals surface area contributed by atoms with Gasteiger partial charge >= 0.3 is 0 Å². The number of nitrogens with one attached hydrogen (secondary N) is 1. The Bertz CT molecular complexity index is 474. The van der Waals surface area contributed by atoms with Crippen LogP contribution in [0.15, 0.2) is 24.3 Å². The van der Waals surface area contributed by atoms with Gasteiger partial charge in [0.2, 0.25) is 0 Å². The molecule has 1 N–H and O–H groups in total. The molecule has 104 valence electrons. The van der Waals surface area contributed by atoms with Gasteiger partial charge in [-0.3, -0.25) is 10.1 Å². The van der Waals surface area contributed by atoms with Gasteiger partial charge in [-0.2, -0.15) is 0 Å². The van der Waals surface area contributed by atoms with Crippen LogP contribution in [-0.4, -0.2) is 23.7 Å². The standard InChI is InChI=1S/C14H20N2O3/c1-4-19-13-9-12(14(13,2)3)15-10-7-5-6-8-11(10)16(17)18/h5-8,12-13,15H,4,9H2,1-3H3. The number of nitro benzene ring substituents is 1. The first-order valence-corrected chi connectivity index (χ1v) is 6.58. The number of nitrogens with zero attached hydrogens (tertiary/aromatic N) is 1. The van der Waals surface area contributed by atoms with E-state index < -0.39 is 0 Å². The second-order valence-electron chi connectivity index (χ2n) is 5.47. The minimum Gasteiger partial charge on any atom is -0.378 e. The zero-order valence-electron chi connectivity index (χ0n) is 11.6. The van der Waals surface area contributed by atoms with E-state index in [1.54, 1.807) is 18.2 Å². The Hall–Kier alpha value is -1.62. The van der Waals surface area contributed by atoms with Crippen molar-refractivity contribution < 1.29 is 9.66 Å². The molecule has 0 bridgehead atoms. The predicted molar refractivity (Wildman–Crippen MR) is 74.3 cm³/mol. The summed E-state index contributed by atoms with van der Waals surface area (Å²) in [6.07, 6.45) is 1.10. The maximum absolute atomic E-state index is 11.0. The van der Waals surface area contributed by atoms with E-state index in [9.17, 15) is 10.1 Å². The number of rotatable bonds is 5. The van der Waals surface area contributed by atoms with Gasteiger partial charge in [0, 0.05) is 24.1 Å². The van der Waals surface area contributed by atoms with Crippen molar-refractivity contribution in [3.63, 3.8) is 0 Å². The lowest BCUT2D eigenvalue weighted by Gasteiger charge is -2.51. The molecular weight excluding hydrogens is 244 g/mol. The number of ether oxygens (including phenoxy) is 1. The van der Waals surface area contributed by atoms with E-state index in [0.717, 1.165) is 6.42 Å². The molecule has 1 fully saturated rings. The third-order valence-corrected chi connectivity index (χ3v) is 3.98. The highest BCUT2D eigenvalue weighted by Gasteiger charge is 2.49. The van der Waals surface area contributed by atoms with Crippen molar-refractivity contribution in [2.75, 3.05) is 11.9 Å². The maximum atomic E-state index is 11.0. The normalized spacial score (nSPS) is 24.6. The van der Waals surface area contributed by atoms with Crippen LogP contribution in [0.5, 0.6) is 0 Å². The van der Waals surface area contributed by atoms with Gasteiger partial charge in [-0.25, -0.2) is 0 Å². The number of hydrogen-bond acceptors (Lipinski definition) is 4. The maximum Gasteiger partial charge on any atom is 0.292 e. The summed E-state index contributed by atoms with van der Waals surface area (Å²) in [6, 6.07) is 6.96. The van der Waals surface area contributed by atoms with Crippen LogP contribution in [0.3, 0.4) is 0 Å². The van der Waals surface area contributed by atoms with E-state index in [2.05, 4.69) is 19.2 Å². The first kappa shape index (κ1) is 13.8. The Balaban J connectivity index is 2.10. The Morgan fingerprint density at radius 3 is 2.74 bits per heavy atom. The minimum absolute atomic E-state index is 0.0142. The van der Waals surface area contributed by atoms with Crippen LogP contribution in [0.1, 0.15) is 27.2 Å². The van der Waals surface area contributed by atoms with Crippen molar-refractivity contribution in [1.29, 1.82) is 0 Å². The zero-order valence-corrected chi connectivity index (χ0v) is 11.6. The molecule has 1 aliphatic rings. The molecule has 1 saturated carbocycles. The van der Waals surface area contributed by atoms with Gasteiger partial charge in [0.1, 0.15) is 5.69 Å². The molecule has 19 heavy (non-hydrogen) atoms. The van der Waals surface area contributed by atoms with E-state index >= 15 is 0 Å². The number of benzene rings is 1. The molecule has 5 heteroatoms. The van der Waals surface area contributed by atoms with E-state index in [-0.39, 0.29) is 28.2 Å². The molecule has 2 rings (SSSR count).